The normalized spacial score (nSPS) is 12.8. The van der Waals surface area contributed by atoms with Crippen LogP contribution in [0.25, 0.3) is 0 Å². The Morgan fingerprint density at radius 2 is 2.00 bits per heavy atom. The van der Waals surface area contributed by atoms with Crippen molar-refractivity contribution >= 4 is 5.97 Å². The highest BCUT2D eigenvalue weighted by molar-refractivity contribution is 5.87. The summed E-state index contributed by atoms with van der Waals surface area (Å²) in [4.78, 5) is 15.8. The van der Waals surface area contributed by atoms with E-state index in [0.29, 0.717) is 17.5 Å². The number of hydrogen-bond acceptors (Lipinski definition) is 5. The molecule has 1 aromatic rings. The van der Waals surface area contributed by atoms with E-state index in [-0.39, 0.29) is 18.3 Å². The molecule has 0 fully saturated rings. The number of hydrogen-bond donors (Lipinski definition) is 0. The number of carbonyl (C=O) groups excluding carboxylic acids is 1. The molecule has 0 aromatic carbocycles. The average molecular weight is 241 g/mol. The number of rotatable bonds is 5. The van der Waals surface area contributed by atoms with Gasteiger partial charge in [-0.3, -0.25) is 0 Å². The predicted molar refractivity (Wildman–Crippen MR) is 61.8 cm³/mol. The summed E-state index contributed by atoms with van der Waals surface area (Å²) in [6.45, 7) is 6.39. The van der Waals surface area contributed by atoms with E-state index in [1.54, 1.807) is 7.11 Å². The molecule has 0 saturated carbocycles. The van der Waals surface area contributed by atoms with Crippen LogP contribution in [0.4, 0.5) is 0 Å². The highest BCUT2D eigenvalue weighted by atomic mass is 16.5. The van der Waals surface area contributed by atoms with Crippen molar-refractivity contribution in [1.29, 1.82) is 0 Å². The smallest absolute Gasteiger partial charge is 0.376 e. The van der Waals surface area contributed by atoms with Gasteiger partial charge in [-0.2, -0.15) is 0 Å². The number of oxazole rings is 1. The van der Waals surface area contributed by atoms with Crippen LogP contribution in [0.2, 0.25) is 0 Å². The van der Waals surface area contributed by atoms with E-state index in [4.69, 9.17) is 9.15 Å². The van der Waals surface area contributed by atoms with Gasteiger partial charge >= 0.3 is 5.97 Å². The van der Waals surface area contributed by atoms with Gasteiger partial charge in [-0.1, -0.05) is 20.8 Å². The molecule has 1 rings (SSSR count). The van der Waals surface area contributed by atoms with Gasteiger partial charge in [-0.25, -0.2) is 9.78 Å². The van der Waals surface area contributed by atoms with Crippen molar-refractivity contribution in [3.05, 3.63) is 17.3 Å². The number of aromatic nitrogens is 1. The van der Waals surface area contributed by atoms with E-state index >= 15 is 0 Å². The number of esters is 1. The SMILES string of the molecule is COCc1nc(C(C)C(C)C)oc1C(=O)OC. The van der Waals surface area contributed by atoms with Crippen LogP contribution in [0.1, 0.15) is 48.8 Å². The molecule has 1 atom stereocenters. The molecule has 5 nitrogen and oxygen atoms in total. The lowest BCUT2D eigenvalue weighted by Gasteiger charge is -2.10. The fourth-order valence-electron chi connectivity index (χ4n) is 1.34. The monoisotopic (exact) mass is 241 g/mol. The van der Waals surface area contributed by atoms with Gasteiger partial charge in [0.2, 0.25) is 5.76 Å². The number of ether oxygens (including phenoxy) is 2. The molecule has 1 aromatic heterocycles. The van der Waals surface area contributed by atoms with Crippen molar-refractivity contribution in [2.75, 3.05) is 14.2 Å². The zero-order valence-corrected chi connectivity index (χ0v) is 10.9. The molecule has 0 amide bonds. The maximum absolute atomic E-state index is 11.5. The first-order valence-corrected chi connectivity index (χ1v) is 5.58. The Labute approximate surface area is 101 Å². The first kappa shape index (κ1) is 13.7. The Bertz CT molecular complexity index is 384. The van der Waals surface area contributed by atoms with Crippen LogP contribution in [0.15, 0.2) is 4.42 Å². The molecule has 0 bridgehead atoms. The Balaban J connectivity index is 3.07. The van der Waals surface area contributed by atoms with Gasteiger partial charge in [-0.05, 0) is 5.92 Å². The van der Waals surface area contributed by atoms with Crippen molar-refractivity contribution in [3.63, 3.8) is 0 Å². The predicted octanol–water partition coefficient (Wildman–Crippen LogP) is 2.37. The van der Waals surface area contributed by atoms with Gasteiger partial charge in [0.25, 0.3) is 0 Å². The van der Waals surface area contributed by atoms with Crippen LogP contribution in [0, 0.1) is 5.92 Å². The Hall–Kier alpha value is -1.36. The fraction of sp³-hybridized carbons (Fsp3) is 0.667. The maximum Gasteiger partial charge on any atom is 0.376 e. The van der Waals surface area contributed by atoms with E-state index in [1.165, 1.54) is 7.11 Å². The van der Waals surface area contributed by atoms with Crippen molar-refractivity contribution < 1.29 is 18.7 Å². The molecule has 1 heterocycles. The minimum absolute atomic E-state index is 0.136. The topological polar surface area (TPSA) is 61.6 Å². The van der Waals surface area contributed by atoms with E-state index in [9.17, 15) is 4.79 Å². The molecule has 0 aliphatic rings. The van der Waals surface area contributed by atoms with Gasteiger partial charge < -0.3 is 13.9 Å². The summed E-state index contributed by atoms with van der Waals surface area (Å²) in [7, 11) is 2.86. The van der Waals surface area contributed by atoms with Crippen molar-refractivity contribution in [3.8, 4) is 0 Å². The second-order valence-electron chi connectivity index (χ2n) is 4.29. The molecule has 17 heavy (non-hydrogen) atoms. The third-order valence-electron chi connectivity index (χ3n) is 2.76. The lowest BCUT2D eigenvalue weighted by Crippen LogP contribution is -2.04. The Morgan fingerprint density at radius 3 is 2.47 bits per heavy atom. The van der Waals surface area contributed by atoms with Crippen LogP contribution in [-0.2, 0) is 16.1 Å². The van der Waals surface area contributed by atoms with E-state index in [1.807, 2.05) is 6.92 Å². The van der Waals surface area contributed by atoms with Crippen LogP contribution in [0.3, 0.4) is 0 Å². The Kier molecular flexibility index (Phi) is 4.69. The standard InChI is InChI=1S/C12H19NO4/c1-7(2)8(3)11-13-9(6-15-4)10(17-11)12(14)16-5/h7-8H,6H2,1-5H3. The third kappa shape index (κ3) is 3.06. The summed E-state index contributed by atoms with van der Waals surface area (Å²) in [5.74, 6) is 0.689. The highest BCUT2D eigenvalue weighted by Gasteiger charge is 2.24. The second-order valence-corrected chi connectivity index (χ2v) is 4.29. The zero-order chi connectivity index (χ0) is 13.0. The molecule has 96 valence electrons. The first-order chi connectivity index (χ1) is 8.01. The Morgan fingerprint density at radius 1 is 1.35 bits per heavy atom. The lowest BCUT2D eigenvalue weighted by molar-refractivity contribution is 0.0555. The van der Waals surface area contributed by atoms with Crippen LogP contribution >= 0.6 is 0 Å². The van der Waals surface area contributed by atoms with Crippen LogP contribution in [0.5, 0.6) is 0 Å². The molecular formula is C12H19NO4. The molecule has 0 saturated heterocycles. The summed E-state index contributed by atoms with van der Waals surface area (Å²) in [6, 6.07) is 0. The summed E-state index contributed by atoms with van der Waals surface area (Å²) < 4.78 is 15.1. The molecule has 1 unspecified atom stereocenters. The van der Waals surface area contributed by atoms with Gasteiger partial charge in [0.05, 0.1) is 13.7 Å². The van der Waals surface area contributed by atoms with Crippen LogP contribution in [-0.4, -0.2) is 25.2 Å². The van der Waals surface area contributed by atoms with Gasteiger partial charge in [-0.15, -0.1) is 0 Å². The number of carbonyl (C=O) groups is 1. The molecule has 0 N–H and O–H groups in total. The maximum atomic E-state index is 11.5. The summed E-state index contributed by atoms with van der Waals surface area (Å²) in [5.41, 5.74) is 0.488. The quantitative estimate of drug-likeness (QED) is 0.740. The van der Waals surface area contributed by atoms with Gasteiger partial charge in [0.1, 0.15) is 5.69 Å². The second kappa shape index (κ2) is 5.82. The van der Waals surface area contributed by atoms with E-state index in [2.05, 4.69) is 23.6 Å². The highest BCUT2D eigenvalue weighted by Crippen LogP contribution is 2.25. The largest absolute Gasteiger partial charge is 0.463 e. The van der Waals surface area contributed by atoms with Crippen molar-refractivity contribution in [2.24, 2.45) is 5.92 Å². The molecular weight excluding hydrogens is 222 g/mol. The molecule has 0 aliphatic heterocycles. The zero-order valence-electron chi connectivity index (χ0n) is 10.9. The minimum atomic E-state index is -0.522. The summed E-state index contributed by atoms with van der Waals surface area (Å²) in [6.07, 6.45) is 0. The fourth-order valence-corrected chi connectivity index (χ4v) is 1.34. The summed E-state index contributed by atoms with van der Waals surface area (Å²) in [5, 5.41) is 0. The van der Waals surface area contributed by atoms with Gasteiger partial charge in [0, 0.05) is 13.0 Å². The van der Waals surface area contributed by atoms with Crippen molar-refractivity contribution in [1.82, 2.24) is 4.98 Å². The molecule has 5 heteroatoms. The minimum Gasteiger partial charge on any atom is -0.463 e. The number of nitrogens with zero attached hydrogens (tertiary/aromatic N) is 1. The third-order valence-corrected chi connectivity index (χ3v) is 2.76. The molecule has 0 aliphatic carbocycles. The van der Waals surface area contributed by atoms with E-state index in [0.717, 1.165) is 0 Å². The number of methoxy groups -OCH3 is 2. The first-order valence-electron chi connectivity index (χ1n) is 5.58. The van der Waals surface area contributed by atoms with Gasteiger partial charge in [0.15, 0.2) is 5.89 Å². The summed E-state index contributed by atoms with van der Waals surface area (Å²) >= 11 is 0. The lowest BCUT2D eigenvalue weighted by atomic mass is 9.98. The van der Waals surface area contributed by atoms with E-state index < -0.39 is 5.97 Å². The molecule has 0 spiro atoms. The molecule has 0 radical (unpaired) electrons. The average Bonchev–Trinajstić information content (AvgIpc) is 2.71. The van der Waals surface area contributed by atoms with Crippen molar-refractivity contribution in [2.45, 2.75) is 33.3 Å². The van der Waals surface area contributed by atoms with Crippen LogP contribution < -0.4 is 0 Å².